The van der Waals surface area contributed by atoms with Crippen molar-refractivity contribution in [3.05, 3.63) is 82.9 Å². The van der Waals surface area contributed by atoms with Crippen LogP contribution < -0.4 is 18.9 Å². The highest BCUT2D eigenvalue weighted by Gasteiger charge is 2.12. The molecular formula is C28H24N2O4. The highest BCUT2D eigenvalue weighted by molar-refractivity contribution is 5.93. The summed E-state index contributed by atoms with van der Waals surface area (Å²) in [5.74, 6) is 2.50. The molecule has 3 rings (SSSR count). The third-order valence-electron chi connectivity index (χ3n) is 5.22. The summed E-state index contributed by atoms with van der Waals surface area (Å²) in [7, 11) is 6.30. The molecule has 6 heteroatoms. The maximum atomic E-state index is 9.75. The van der Waals surface area contributed by atoms with Gasteiger partial charge in [0.1, 0.15) is 23.0 Å². The van der Waals surface area contributed by atoms with Crippen LogP contribution in [0, 0.1) is 22.7 Å². The maximum Gasteiger partial charge on any atom is 0.126 e. The van der Waals surface area contributed by atoms with Crippen LogP contribution in [0.1, 0.15) is 22.3 Å². The van der Waals surface area contributed by atoms with E-state index in [2.05, 4.69) is 12.1 Å². The van der Waals surface area contributed by atoms with Gasteiger partial charge >= 0.3 is 0 Å². The second kappa shape index (κ2) is 11.3. The first kappa shape index (κ1) is 24.0. The van der Waals surface area contributed by atoms with Crippen LogP contribution in [-0.2, 0) is 0 Å². The number of nitriles is 2. The van der Waals surface area contributed by atoms with Gasteiger partial charge in [0.25, 0.3) is 0 Å². The van der Waals surface area contributed by atoms with E-state index in [-0.39, 0.29) is 0 Å². The standard InChI is InChI=1S/C28H24N2O4/c1-31-25-9-5-19(6-10-25)23(17-29)13-21-15-28(34-4)22(16-27(21)33-3)14-24(18-30)20-7-11-26(32-2)12-8-20/h5-16H,1-4H3/b23-13+,24-14+. The molecule has 0 aliphatic heterocycles. The van der Waals surface area contributed by atoms with Gasteiger partial charge in [-0.25, -0.2) is 0 Å². The Labute approximate surface area is 199 Å². The molecule has 0 aliphatic carbocycles. The molecule has 0 unspecified atom stereocenters. The van der Waals surface area contributed by atoms with Gasteiger partial charge in [0.2, 0.25) is 0 Å². The quantitative estimate of drug-likeness (QED) is 0.315. The lowest BCUT2D eigenvalue weighted by Gasteiger charge is -2.12. The van der Waals surface area contributed by atoms with Crippen LogP contribution in [0.15, 0.2) is 60.7 Å². The van der Waals surface area contributed by atoms with Crippen molar-refractivity contribution in [1.29, 1.82) is 10.5 Å². The zero-order chi connectivity index (χ0) is 24.5. The number of methoxy groups -OCH3 is 4. The smallest absolute Gasteiger partial charge is 0.126 e. The topological polar surface area (TPSA) is 84.5 Å². The Morgan fingerprint density at radius 1 is 0.588 bits per heavy atom. The van der Waals surface area contributed by atoms with Gasteiger partial charge in [0.05, 0.1) is 51.7 Å². The Morgan fingerprint density at radius 3 is 1.21 bits per heavy atom. The third kappa shape index (κ3) is 5.38. The van der Waals surface area contributed by atoms with Crippen LogP contribution in [0.4, 0.5) is 0 Å². The summed E-state index contributed by atoms with van der Waals surface area (Å²) in [6.45, 7) is 0. The first-order chi connectivity index (χ1) is 16.6. The van der Waals surface area contributed by atoms with Crippen molar-refractivity contribution in [3.63, 3.8) is 0 Å². The van der Waals surface area contributed by atoms with E-state index in [0.29, 0.717) is 45.3 Å². The van der Waals surface area contributed by atoms with Gasteiger partial charge in [-0.2, -0.15) is 10.5 Å². The first-order valence-electron chi connectivity index (χ1n) is 10.3. The Kier molecular flexibility index (Phi) is 7.94. The molecule has 0 radical (unpaired) electrons. The fourth-order valence-corrected chi connectivity index (χ4v) is 3.38. The normalized spacial score (nSPS) is 11.2. The molecule has 0 saturated heterocycles. The molecule has 0 heterocycles. The molecule has 0 spiro atoms. The van der Waals surface area contributed by atoms with Gasteiger partial charge in [0, 0.05) is 11.1 Å². The van der Waals surface area contributed by atoms with Gasteiger partial charge in [-0.05, 0) is 83.9 Å². The molecule has 0 amide bonds. The van der Waals surface area contributed by atoms with Crippen LogP contribution in [0.5, 0.6) is 23.0 Å². The molecular weight excluding hydrogens is 428 g/mol. The minimum atomic E-state index is 0.460. The summed E-state index contributed by atoms with van der Waals surface area (Å²) in [6.07, 6.45) is 3.48. The zero-order valence-corrected chi connectivity index (χ0v) is 19.5. The predicted molar refractivity (Wildman–Crippen MR) is 133 cm³/mol. The van der Waals surface area contributed by atoms with E-state index in [1.807, 2.05) is 24.3 Å². The number of rotatable bonds is 8. The first-order valence-corrected chi connectivity index (χ1v) is 10.3. The average Bonchev–Trinajstić information content (AvgIpc) is 2.90. The Balaban J connectivity index is 2.07. The van der Waals surface area contributed by atoms with Crippen molar-refractivity contribution < 1.29 is 18.9 Å². The largest absolute Gasteiger partial charge is 0.497 e. The summed E-state index contributed by atoms with van der Waals surface area (Å²) in [5.41, 5.74) is 3.77. The molecule has 0 aliphatic rings. The van der Waals surface area contributed by atoms with E-state index < -0.39 is 0 Å². The Bertz CT molecular complexity index is 1190. The monoisotopic (exact) mass is 452 g/mol. The fourth-order valence-electron chi connectivity index (χ4n) is 3.38. The lowest BCUT2D eigenvalue weighted by Crippen LogP contribution is -1.95. The Hall–Kier alpha value is -4.68. The second-order valence-electron chi connectivity index (χ2n) is 7.13. The summed E-state index contributed by atoms with van der Waals surface area (Å²) >= 11 is 0. The lowest BCUT2D eigenvalue weighted by atomic mass is 9.99. The third-order valence-corrected chi connectivity index (χ3v) is 5.22. The molecule has 0 atom stereocenters. The van der Waals surface area contributed by atoms with Crippen molar-refractivity contribution >= 4 is 23.3 Å². The van der Waals surface area contributed by atoms with E-state index in [4.69, 9.17) is 18.9 Å². The molecule has 0 bridgehead atoms. The number of hydrogen-bond acceptors (Lipinski definition) is 6. The summed E-state index contributed by atoms with van der Waals surface area (Å²) in [5, 5.41) is 19.5. The highest BCUT2D eigenvalue weighted by atomic mass is 16.5. The van der Waals surface area contributed by atoms with Crippen molar-refractivity contribution in [2.24, 2.45) is 0 Å². The van der Waals surface area contributed by atoms with Crippen molar-refractivity contribution in [2.75, 3.05) is 28.4 Å². The zero-order valence-electron chi connectivity index (χ0n) is 19.5. The van der Waals surface area contributed by atoms with Crippen molar-refractivity contribution in [2.45, 2.75) is 0 Å². The van der Waals surface area contributed by atoms with Gasteiger partial charge < -0.3 is 18.9 Å². The average molecular weight is 453 g/mol. The summed E-state index contributed by atoms with van der Waals surface area (Å²) < 4.78 is 21.6. The number of hydrogen-bond donors (Lipinski definition) is 0. The van der Waals surface area contributed by atoms with E-state index >= 15 is 0 Å². The molecule has 0 N–H and O–H groups in total. The van der Waals surface area contributed by atoms with Crippen LogP contribution in [-0.4, -0.2) is 28.4 Å². The minimum Gasteiger partial charge on any atom is -0.497 e. The molecule has 0 aromatic heterocycles. The predicted octanol–water partition coefficient (Wildman–Crippen LogP) is 5.85. The molecule has 0 fully saturated rings. The van der Waals surface area contributed by atoms with Crippen molar-refractivity contribution in [3.8, 4) is 35.1 Å². The molecule has 6 nitrogen and oxygen atoms in total. The highest BCUT2D eigenvalue weighted by Crippen LogP contribution is 2.34. The van der Waals surface area contributed by atoms with E-state index in [1.54, 1.807) is 77.0 Å². The molecule has 3 aromatic carbocycles. The molecule has 170 valence electrons. The number of benzene rings is 3. The molecule has 3 aromatic rings. The van der Waals surface area contributed by atoms with Gasteiger partial charge in [-0.15, -0.1) is 0 Å². The Morgan fingerprint density at radius 2 is 0.941 bits per heavy atom. The SMILES string of the molecule is COc1ccc(/C(C#N)=C/c2cc(OC)c(/C=C(\C#N)c3ccc(OC)cc3)cc2OC)cc1. The van der Waals surface area contributed by atoms with E-state index in [1.165, 1.54) is 0 Å². The van der Waals surface area contributed by atoms with Gasteiger partial charge in [0.15, 0.2) is 0 Å². The van der Waals surface area contributed by atoms with Crippen LogP contribution in [0.3, 0.4) is 0 Å². The van der Waals surface area contributed by atoms with Gasteiger partial charge in [-0.3, -0.25) is 0 Å². The van der Waals surface area contributed by atoms with Crippen molar-refractivity contribution in [1.82, 2.24) is 0 Å². The summed E-state index contributed by atoms with van der Waals surface area (Å²) in [4.78, 5) is 0. The van der Waals surface area contributed by atoms with Crippen LogP contribution in [0.25, 0.3) is 23.3 Å². The summed E-state index contributed by atoms with van der Waals surface area (Å²) in [6, 6.07) is 22.5. The molecule has 0 saturated carbocycles. The van der Waals surface area contributed by atoms with Crippen LogP contribution in [0.2, 0.25) is 0 Å². The van der Waals surface area contributed by atoms with E-state index in [9.17, 15) is 10.5 Å². The number of ether oxygens (including phenoxy) is 4. The van der Waals surface area contributed by atoms with E-state index in [0.717, 1.165) is 11.1 Å². The fraction of sp³-hybridized carbons (Fsp3) is 0.143. The number of allylic oxidation sites excluding steroid dienone is 2. The van der Waals surface area contributed by atoms with Gasteiger partial charge in [-0.1, -0.05) is 0 Å². The second-order valence-corrected chi connectivity index (χ2v) is 7.13. The molecule has 34 heavy (non-hydrogen) atoms. The number of nitrogens with zero attached hydrogens (tertiary/aromatic N) is 2. The minimum absolute atomic E-state index is 0.460. The van der Waals surface area contributed by atoms with Crippen LogP contribution >= 0.6 is 0 Å². The maximum absolute atomic E-state index is 9.75. The lowest BCUT2D eigenvalue weighted by molar-refractivity contribution is 0.401.